The van der Waals surface area contributed by atoms with Crippen molar-refractivity contribution in [3.63, 3.8) is 0 Å². The molecule has 0 fully saturated rings. The lowest BCUT2D eigenvalue weighted by Gasteiger charge is -1.81. The molecule has 0 spiro atoms. The molecular formula is C3H8N4O4S. The van der Waals surface area contributed by atoms with Crippen LogP contribution in [0, 0.1) is 0 Å². The zero-order valence-electron chi connectivity index (χ0n) is 5.82. The van der Waals surface area contributed by atoms with E-state index in [0.717, 1.165) is 4.79 Å². The minimum Gasteiger partial charge on any atom is -0.382 e. The smallest absolute Gasteiger partial charge is 0.382 e. The van der Waals surface area contributed by atoms with Gasteiger partial charge in [-0.3, -0.25) is 9.11 Å². The van der Waals surface area contributed by atoms with Gasteiger partial charge in [-0.2, -0.15) is 13.2 Å². The summed E-state index contributed by atoms with van der Waals surface area (Å²) in [4.78, 5) is 1.16. The van der Waals surface area contributed by atoms with Crippen LogP contribution in [0.4, 0.5) is 5.82 Å². The third-order valence-electron chi connectivity index (χ3n) is 0.629. The maximum absolute atomic E-state index is 8.74. The van der Waals surface area contributed by atoms with Gasteiger partial charge in [0.05, 0.1) is 6.20 Å². The van der Waals surface area contributed by atoms with E-state index in [1.54, 1.807) is 12.3 Å². The Morgan fingerprint density at radius 2 is 1.92 bits per heavy atom. The van der Waals surface area contributed by atoms with Gasteiger partial charge in [-0.05, 0) is 0 Å². The first kappa shape index (κ1) is 10.7. The molecule has 0 amide bonds. The monoisotopic (exact) mass is 196 g/mol. The zero-order valence-corrected chi connectivity index (χ0v) is 6.64. The molecular weight excluding hydrogens is 188 g/mol. The third kappa shape index (κ3) is 8.68. The van der Waals surface area contributed by atoms with Crippen LogP contribution >= 0.6 is 0 Å². The molecule has 1 rings (SSSR count). The van der Waals surface area contributed by atoms with Crippen LogP contribution in [0.25, 0.3) is 0 Å². The number of hydrogen-bond acceptors (Lipinski definition) is 5. The molecule has 1 aromatic rings. The Labute approximate surface area is 68.3 Å². The van der Waals surface area contributed by atoms with Crippen LogP contribution in [0.5, 0.6) is 0 Å². The Balaban J connectivity index is 0.000000217. The van der Waals surface area contributed by atoms with Gasteiger partial charge in [-0.25, -0.2) is 0 Å². The molecule has 0 unspecified atom stereocenters. The molecule has 0 aliphatic heterocycles. The van der Waals surface area contributed by atoms with Gasteiger partial charge in [0.25, 0.3) is 0 Å². The summed E-state index contributed by atoms with van der Waals surface area (Å²) in [7, 11) is -4.67. The molecule has 0 saturated carbocycles. The van der Waals surface area contributed by atoms with Crippen LogP contribution in [0.1, 0.15) is 0 Å². The summed E-state index contributed by atoms with van der Waals surface area (Å²) in [5.74, 6) is 5.55. The fourth-order valence-corrected chi connectivity index (χ4v) is 0.353. The van der Waals surface area contributed by atoms with Crippen molar-refractivity contribution in [2.24, 2.45) is 0 Å². The summed E-state index contributed by atoms with van der Waals surface area (Å²) in [6.07, 6.45) is 1.58. The summed E-state index contributed by atoms with van der Waals surface area (Å²) in [6.45, 7) is 0. The molecule has 1 heterocycles. The Morgan fingerprint density at radius 1 is 1.50 bits per heavy atom. The molecule has 1 aromatic heterocycles. The molecule has 0 aliphatic rings. The van der Waals surface area contributed by atoms with Gasteiger partial charge in [0, 0.05) is 6.07 Å². The highest BCUT2D eigenvalue weighted by Crippen LogP contribution is 1.88. The highest BCUT2D eigenvalue weighted by Gasteiger charge is 1.84. The van der Waals surface area contributed by atoms with Gasteiger partial charge in [0.2, 0.25) is 0 Å². The van der Waals surface area contributed by atoms with Crippen molar-refractivity contribution in [3.8, 4) is 0 Å². The minimum atomic E-state index is -4.67. The topological polar surface area (TPSA) is 144 Å². The van der Waals surface area contributed by atoms with Gasteiger partial charge in [0.1, 0.15) is 5.82 Å². The summed E-state index contributed by atoms with van der Waals surface area (Å²) in [6, 6.07) is 1.62. The van der Waals surface area contributed by atoms with Gasteiger partial charge in [-0.1, -0.05) is 0 Å². The first-order valence-corrected chi connectivity index (χ1v) is 3.95. The fourth-order valence-electron chi connectivity index (χ4n) is 0.353. The summed E-state index contributed by atoms with van der Waals surface area (Å²) < 4.78 is 31.6. The van der Waals surface area contributed by atoms with Gasteiger partial charge < -0.3 is 11.6 Å². The van der Waals surface area contributed by atoms with Crippen molar-refractivity contribution in [1.82, 2.24) is 9.89 Å². The van der Waals surface area contributed by atoms with Crippen LogP contribution in [-0.2, 0) is 10.4 Å². The maximum atomic E-state index is 8.74. The predicted molar refractivity (Wildman–Crippen MR) is 41.0 cm³/mol. The third-order valence-corrected chi connectivity index (χ3v) is 0.629. The van der Waals surface area contributed by atoms with E-state index in [4.69, 9.17) is 29.1 Å². The molecule has 0 atom stereocenters. The molecule has 70 valence electrons. The number of nitrogens with two attached hydrogens (primary N) is 2. The molecule has 8 nitrogen and oxygen atoms in total. The average molecular weight is 196 g/mol. The lowest BCUT2D eigenvalue weighted by atomic mass is 10.7. The van der Waals surface area contributed by atoms with Crippen molar-refractivity contribution < 1.29 is 17.5 Å². The van der Waals surface area contributed by atoms with Crippen LogP contribution in [0.3, 0.4) is 0 Å². The minimum absolute atomic E-state index is 0.447. The second-order valence-corrected chi connectivity index (χ2v) is 2.56. The normalized spacial score (nSPS) is 10.2. The van der Waals surface area contributed by atoms with E-state index in [1.807, 2.05) is 0 Å². The molecule has 0 bridgehead atoms. The van der Waals surface area contributed by atoms with Crippen molar-refractivity contribution in [3.05, 3.63) is 12.3 Å². The van der Waals surface area contributed by atoms with Crippen molar-refractivity contribution in [2.45, 2.75) is 0 Å². The van der Waals surface area contributed by atoms with Crippen molar-refractivity contribution in [2.75, 3.05) is 11.6 Å². The molecule has 0 aromatic carbocycles. The summed E-state index contributed by atoms with van der Waals surface area (Å²) >= 11 is 0. The highest BCUT2D eigenvalue weighted by molar-refractivity contribution is 7.79. The Morgan fingerprint density at radius 3 is 2.00 bits per heavy atom. The quantitative estimate of drug-likeness (QED) is 0.292. The van der Waals surface area contributed by atoms with Gasteiger partial charge in [0.15, 0.2) is 0 Å². The molecule has 9 heteroatoms. The van der Waals surface area contributed by atoms with E-state index in [-0.39, 0.29) is 0 Å². The van der Waals surface area contributed by atoms with E-state index >= 15 is 0 Å². The fraction of sp³-hybridized carbons (Fsp3) is 0. The number of nitrogen functional groups attached to an aromatic ring is 2. The lowest BCUT2D eigenvalue weighted by molar-refractivity contribution is 0.381. The molecule has 0 saturated heterocycles. The number of anilines is 1. The number of hydrogen-bond donors (Lipinski definition) is 4. The zero-order chi connectivity index (χ0) is 9.78. The summed E-state index contributed by atoms with van der Waals surface area (Å²) in [5.41, 5.74) is 5.17. The number of aromatic nitrogens is 2. The van der Waals surface area contributed by atoms with Crippen LogP contribution < -0.4 is 11.6 Å². The van der Waals surface area contributed by atoms with E-state index in [1.165, 1.54) is 0 Å². The second-order valence-electron chi connectivity index (χ2n) is 1.67. The lowest BCUT2D eigenvalue weighted by Crippen LogP contribution is -2.08. The standard InChI is InChI=1S/C3H6N4.H2O4S/c4-3-1-2-7(5)6-3;1-5(2,3)4/h1-2H,5H2,(H2,4,6);(H2,1,2,3,4). The maximum Gasteiger partial charge on any atom is 0.394 e. The molecule has 6 N–H and O–H groups in total. The first-order valence-electron chi connectivity index (χ1n) is 2.55. The Bertz CT molecular complexity index is 305. The number of rotatable bonds is 0. The second kappa shape index (κ2) is 3.90. The van der Waals surface area contributed by atoms with Crippen LogP contribution in [-0.4, -0.2) is 27.4 Å². The van der Waals surface area contributed by atoms with E-state index in [2.05, 4.69) is 5.10 Å². The predicted octanol–water partition coefficient (Wildman–Crippen LogP) is -1.47. The van der Waals surface area contributed by atoms with Crippen LogP contribution in [0.15, 0.2) is 12.3 Å². The Hall–Kier alpha value is -1.32. The van der Waals surface area contributed by atoms with Gasteiger partial charge in [-0.15, -0.1) is 5.10 Å². The first-order chi connectivity index (χ1) is 5.29. The van der Waals surface area contributed by atoms with Crippen LogP contribution in [0.2, 0.25) is 0 Å². The largest absolute Gasteiger partial charge is 0.394 e. The van der Waals surface area contributed by atoms with Gasteiger partial charge >= 0.3 is 10.4 Å². The van der Waals surface area contributed by atoms with E-state index in [0.29, 0.717) is 5.82 Å². The number of nitrogens with zero attached hydrogens (tertiary/aromatic N) is 2. The molecule has 12 heavy (non-hydrogen) atoms. The summed E-state index contributed by atoms with van der Waals surface area (Å²) in [5, 5.41) is 3.58. The molecule has 0 aliphatic carbocycles. The van der Waals surface area contributed by atoms with Crippen molar-refractivity contribution >= 4 is 16.2 Å². The molecule has 0 radical (unpaired) electrons. The highest BCUT2D eigenvalue weighted by atomic mass is 32.3. The van der Waals surface area contributed by atoms with Crippen molar-refractivity contribution in [1.29, 1.82) is 0 Å². The Kier molecular flexibility index (Phi) is 3.47. The van der Waals surface area contributed by atoms with E-state index < -0.39 is 10.4 Å². The van der Waals surface area contributed by atoms with E-state index in [9.17, 15) is 0 Å². The average Bonchev–Trinajstić information content (AvgIpc) is 2.09. The SMILES string of the molecule is Nc1ccn(N)n1.O=S(=O)(O)O.